The second kappa shape index (κ2) is 3.02. The molecule has 48 valence electrons. The van der Waals surface area contributed by atoms with Crippen LogP contribution in [0.15, 0.2) is 0 Å². The zero-order valence-corrected chi connectivity index (χ0v) is 7.02. The maximum Gasteiger partial charge on any atom is 0.0177 e. The van der Waals surface area contributed by atoms with Crippen LogP contribution >= 0.6 is 21.6 Å². The summed E-state index contributed by atoms with van der Waals surface area (Å²) in [6, 6.07) is 0. The van der Waals surface area contributed by atoms with Crippen molar-refractivity contribution in [3.8, 4) is 0 Å². The van der Waals surface area contributed by atoms with Crippen LogP contribution in [-0.2, 0) is 0 Å². The van der Waals surface area contributed by atoms with Gasteiger partial charge in [-0.2, -0.15) is 0 Å². The van der Waals surface area contributed by atoms with E-state index in [2.05, 4.69) is 13.2 Å². The van der Waals surface area contributed by atoms with Crippen molar-refractivity contribution in [2.75, 3.05) is 6.26 Å². The highest BCUT2D eigenvalue weighted by atomic mass is 33.1. The molecule has 1 aliphatic carbocycles. The summed E-state index contributed by atoms with van der Waals surface area (Å²) in [5.41, 5.74) is 0. The molecule has 0 nitrogen and oxygen atoms in total. The molecule has 0 N–H and O–H groups in total. The molecule has 0 heterocycles. The average Bonchev–Trinajstić information content (AvgIpc) is 1.79. The van der Waals surface area contributed by atoms with Crippen LogP contribution in [0.25, 0.3) is 0 Å². The molecule has 0 aromatic rings. The Morgan fingerprint density at radius 2 is 2.12 bits per heavy atom. The zero-order valence-electron chi connectivity index (χ0n) is 5.39. The smallest absolute Gasteiger partial charge is 0.0177 e. The van der Waals surface area contributed by atoms with Crippen molar-refractivity contribution in [2.24, 2.45) is 5.92 Å². The first-order valence-corrected chi connectivity index (χ1v) is 5.66. The van der Waals surface area contributed by atoms with Crippen LogP contribution < -0.4 is 0 Å². The van der Waals surface area contributed by atoms with Crippen molar-refractivity contribution in [3.05, 3.63) is 0 Å². The van der Waals surface area contributed by atoms with E-state index < -0.39 is 0 Å². The Labute approximate surface area is 59.2 Å². The van der Waals surface area contributed by atoms with Gasteiger partial charge in [-0.15, -0.1) is 0 Å². The SMILES string of the molecule is CSSC1CCC1C. The number of hydrogen-bond donors (Lipinski definition) is 0. The Morgan fingerprint density at radius 3 is 2.25 bits per heavy atom. The van der Waals surface area contributed by atoms with Crippen molar-refractivity contribution in [3.63, 3.8) is 0 Å². The second-order valence-corrected chi connectivity index (χ2v) is 5.06. The van der Waals surface area contributed by atoms with Gasteiger partial charge in [0, 0.05) is 5.25 Å². The third kappa shape index (κ3) is 1.35. The van der Waals surface area contributed by atoms with Crippen molar-refractivity contribution in [2.45, 2.75) is 25.0 Å². The Morgan fingerprint density at radius 1 is 1.38 bits per heavy atom. The summed E-state index contributed by atoms with van der Waals surface area (Å²) >= 11 is 0. The van der Waals surface area contributed by atoms with Gasteiger partial charge in [0.2, 0.25) is 0 Å². The Kier molecular flexibility index (Phi) is 2.57. The third-order valence-electron chi connectivity index (χ3n) is 1.76. The molecular formula is C6H12S2. The topological polar surface area (TPSA) is 0 Å². The summed E-state index contributed by atoms with van der Waals surface area (Å²) in [6.45, 7) is 2.34. The van der Waals surface area contributed by atoms with E-state index in [1.165, 1.54) is 12.8 Å². The lowest BCUT2D eigenvalue weighted by molar-refractivity contribution is 0.364. The molecule has 2 unspecified atom stereocenters. The minimum absolute atomic E-state index is 0.977. The maximum atomic E-state index is 2.34. The molecule has 0 aromatic carbocycles. The molecule has 0 aromatic heterocycles. The normalized spacial score (nSPS) is 36.8. The fourth-order valence-electron chi connectivity index (χ4n) is 0.903. The first-order valence-electron chi connectivity index (χ1n) is 3.04. The number of rotatable bonds is 2. The monoisotopic (exact) mass is 148 g/mol. The summed E-state index contributed by atoms with van der Waals surface area (Å²) in [4.78, 5) is 0. The van der Waals surface area contributed by atoms with Crippen molar-refractivity contribution < 1.29 is 0 Å². The van der Waals surface area contributed by atoms with Gasteiger partial charge < -0.3 is 0 Å². The molecule has 0 aliphatic heterocycles. The lowest BCUT2D eigenvalue weighted by Crippen LogP contribution is -2.24. The molecule has 0 spiro atoms. The van der Waals surface area contributed by atoms with E-state index in [-0.39, 0.29) is 0 Å². The van der Waals surface area contributed by atoms with Crippen LogP contribution in [0, 0.1) is 5.92 Å². The zero-order chi connectivity index (χ0) is 5.98. The van der Waals surface area contributed by atoms with Crippen LogP contribution in [0.1, 0.15) is 19.8 Å². The first kappa shape index (κ1) is 6.81. The third-order valence-corrected chi connectivity index (χ3v) is 4.22. The van der Waals surface area contributed by atoms with E-state index >= 15 is 0 Å². The summed E-state index contributed by atoms with van der Waals surface area (Å²) in [7, 11) is 3.95. The van der Waals surface area contributed by atoms with Gasteiger partial charge in [-0.05, 0) is 25.0 Å². The molecule has 8 heavy (non-hydrogen) atoms. The Bertz CT molecular complexity index is 72.9. The summed E-state index contributed by atoms with van der Waals surface area (Å²) in [5.74, 6) is 0.993. The highest BCUT2D eigenvalue weighted by molar-refractivity contribution is 8.76. The average molecular weight is 148 g/mol. The maximum absolute atomic E-state index is 2.34. The standard InChI is InChI=1S/C6H12S2/c1-5-3-4-6(5)8-7-2/h5-6H,3-4H2,1-2H3. The van der Waals surface area contributed by atoms with Gasteiger partial charge in [0.15, 0.2) is 0 Å². The Balaban J connectivity index is 2.08. The van der Waals surface area contributed by atoms with E-state index in [0.717, 1.165) is 11.2 Å². The molecular weight excluding hydrogens is 136 g/mol. The molecule has 2 heteroatoms. The molecule has 1 rings (SSSR count). The molecule has 1 aliphatic rings. The van der Waals surface area contributed by atoms with E-state index in [1.807, 2.05) is 21.6 Å². The van der Waals surface area contributed by atoms with Crippen molar-refractivity contribution in [1.29, 1.82) is 0 Å². The van der Waals surface area contributed by atoms with Gasteiger partial charge in [0.25, 0.3) is 0 Å². The van der Waals surface area contributed by atoms with Crippen LogP contribution in [0.3, 0.4) is 0 Å². The van der Waals surface area contributed by atoms with Crippen LogP contribution in [-0.4, -0.2) is 11.5 Å². The quantitative estimate of drug-likeness (QED) is 0.552. The van der Waals surface area contributed by atoms with E-state index in [9.17, 15) is 0 Å². The van der Waals surface area contributed by atoms with Gasteiger partial charge in [-0.1, -0.05) is 28.5 Å². The van der Waals surface area contributed by atoms with Gasteiger partial charge in [0.05, 0.1) is 0 Å². The van der Waals surface area contributed by atoms with Gasteiger partial charge in [0.1, 0.15) is 0 Å². The van der Waals surface area contributed by atoms with Crippen LogP contribution in [0.4, 0.5) is 0 Å². The lowest BCUT2D eigenvalue weighted by Gasteiger charge is -2.31. The molecule has 0 saturated heterocycles. The molecule has 0 radical (unpaired) electrons. The summed E-state index contributed by atoms with van der Waals surface area (Å²) in [5, 5.41) is 0.977. The van der Waals surface area contributed by atoms with E-state index in [1.54, 1.807) is 0 Å². The molecule has 0 bridgehead atoms. The minimum atomic E-state index is 0.977. The predicted octanol–water partition coefficient (Wildman–Crippen LogP) is 2.80. The van der Waals surface area contributed by atoms with Gasteiger partial charge in [-0.3, -0.25) is 0 Å². The van der Waals surface area contributed by atoms with Crippen molar-refractivity contribution >= 4 is 21.6 Å². The van der Waals surface area contributed by atoms with E-state index in [4.69, 9.17) is 0 Å². The van der Waals surface area contributed by atoms with Crippen molar-refractivity contribution in [1.82, 2.24) is 0 Å². The van der Waals surface area contributed by atoms with E-state index in [0.29, 0.717) is 0 Å². The molecule has 2 atom stereocenters. The summed E-state index contributed by atoms with van der Waals surface area (Å²) in [6.07, 6.45) is 5.07. The van der Waals surface area contributed by atoms with Gasteiger partial charge >= 0.3 is 0 Å². The number of hydrogen-bond acceptors (Lipinski definition) is 2. The molecule has 0 amide bonds. The van der Waals surface area contributed by atoms with Gasteiger partial charge in [-0.25, -0.2) is 0 Å². The van der Waals surface area contributed by atoms with Crippen LogP contribution in [0.5, 0.6) is 0 Å². The first-order chi connectivity index (χ1) is 3.84. The second-order valence-electron chi connectivity index (χ2n) is 2.36. The molecule has 1 saturated carbocycles. The molecule has 1 fully saturated rings. The van der Waals surface area contributed by atoms with Crippen LogP contribution in [0.2, 0.25) is 0 Å². The minimum Gasteiger partial charge on any atom is -0.0973 e. The highest BCUT2D eigenvalue weighted by Gasteiger charge is 2.26. The predicted molar refractivity (Wildman–Crippen MR) is 43.3 cm³/mol. The lowest BCUT2D eigenvalue weighted by atomic mass is 9.87. The fraction of sp³-hybridized carbons (Fsp3) is 1.00. The summed E-state index contributed by atoms with van der Waals surface area (Å²) < 4.78 is 0. The largest absolute Gasteiger partial charge is 0.0973 e. The highest BCUT2D eigenvalue weighted by Crippen LogP contribution is 2.41. The fourth-order valence-corrected chi connectivity index (χ4v) is 3.31. The Hall–Kier alpha value is 0.700.